The standard InChI is InChI=1S/C11H12F3N3O3/c1-6(18)4-16-9(19)10(20)17-7-2-3-8(15-5-7)11(12,13)14/h2-3,5-6,18H,4H2,1H3,(H,16,19)(H,17,20). The van der Waals surface area contributed by atoms with Crippen LogP contribution in [0.1, 0.15) is 12.6 Å². The van der Waals surface area contributed by atoms with E-state index in [1.54, 1.807) is 0 Å². The third-order valence-corrected chi connectivity index (χ3v) is 2.08. The fourth-order valence-corrected chi connectivity index (χ4v) is 1.14. The Kier molecular flexibility index (Phi) is 5.03. The molecule has 0 fully saturated rings. The fourth-order valence-electron chi connectivity index (χ4n) is 1.14. The first kappa shape index (κ1) is 15.9. The van der Waals surface area contributed by atoms with Gasteiger partial charge in [0.2, 0.25) is 0 Å². The van der Waals surface area contributed by atoms with E-state index in [4.69, 9.17) is 5.11 Å². The second-order valence-corrected chi connectivity index (χ2v) is 3.94. The minimum Gasteiger partial charge on any atom is -0.392 e. The number of pyridine rings is 1. The zero-order chi connectivity index (χ0) is 15.3. The van der Waals surface area contributed by atoms with Crippen LogP contribution < -0.4 is 10.6 Å². The molecule has 0 radical (unpaired) electrons. The predicted molar refractivity (Wildman–Crippen MR) is 62.6 cm³/mol. The van der Waals surface area contributed by atoms with Crippen LogP contribution in [-0.2, 0) is 15.8 Å². The largest absolute Gasteiger partial charge is 0.433 e. The predicted octanol–water partition coefficient (Wildman–Crippen LogP) is 0.536. The smallest absolute Gasteiger partial charge is 0.392 e. The highest BCUT2D eigenvalue weighted by molar-refractivity contribution is 6.39. The van der Waals surface area contributed by atoms with Crippen LogP contribution in [0.25, 0.3) is 0 Å². The highest BCUT2D eigenvalue weighted by atomic mass is 19.4. The summed E-state index contributed by atoms with van der Waals surface area (Å²) in [6.07, 6.45) is -4.60. The van der Waals surface area contributed by atoms with Gasteiger partial charge in [-0.3, -0.25) is 9.59 Å². The van der Waals surface area contributed by atoms with Gasteiger partial charge in [-0.05, 0) is 19.1 Å². The average Bonchev–Trinajstić information content (AvgIpc) is 2.35. The van der Waals surface area contributed by atoms with E-state index in [-0.39, 0.29) is 12.2 Å². The Hall–Kier alpha value is -2.16. The summed E-state index contributed by atoms with van der Waals surface area (Å²) in [6, 6.07) is 1.67. The molecule has 0 bridgehead atoms. The SMILES string of the molecule is CC(O)CNC(=O)C(=O)Nc1ccc(C(F)(F)F)nc1. The Morgan fingerprint density at radius 3 is 2.45 bits per heavy atom. The Morgan fingerprint density at radius 1 is 1.35 bits per heavy atom. The molecular formula is C11H12F3N3O3. The van der Waals surface area contributed by atoms with Crippen molar-refractivity contribution in [3.8, 4) is 0 Å². The number of hydrogen-bond donors (Lipinski definition) is 3. The van der Waals surface area contributed by atoms with E-state index in [0.29, 0.717) is 6.07 Å². The lowest BCUT2D eigenvalue weighted by molar-refractivity contribution is -0.141. The van der Waals surface area contributed by atoms with E-state index < -0.39 is 29.8 Å². The molecule has 0 spiro atoms. The minimum atomic E-state index is -4.57. The molecule has 1 heterocycles. The summed E-state index contributed by atoms with van der Waals surface area (Å²) in [4.78, 5) is 25.7. The lowest BCUT2D eigenvalue weighted by Gasteiger charge is -2.09. The van der Waals surface area contributed by atoms with Crippen molar-refractivity contribution in [2.24, 2.45) is 0 Å². The lowest BCUT2D eigenvalue weighted by Crippen LogP contribution is -2.38. The molecule has 0 aliphatic carbocycles. The topological polar surface area (TPSA) is 91.3 Å². The number of halogens is 3. The minimum absolute atomic E-state index is 0.0461. The first-order valence-corrected chi connectivity index (χ1v) is 5.50. The number of alkyl halides is 3. The molecule has 20 heavy (non-hydrogen) atoms. The van der Waals surface area contributed by atoms with Crippen LogP contribution in [0.4, 0.5) is 18.9 Å². The number of nitrogens with zero attached hydrogens (tertiary/aromatic N) is 1. The van der Waals surface area contributed by atoms with Crippen LogP contribution in [-0.4, -0.2) is 34.6 Å². The Labute approximate surface area is 112 Å². The molecule has 0 aromatic carbocycles. The van der Waals surface area contributed by atoms with E-state index in [0.717, 1.165) is 12.3 Å². The van der Waals surface area contributed by atoms with Gasteiger partial charge < -0.3 is 15.7 Å². The van der Waals surface area contributed by atoms with Gasteiger partial charge in [0.05, 0.1) is 18.0 Å². The van der Waals surface area contributed by atoms with Gasteiger partial charge >= 0.3 is 18.0 Å². The molecule has 6 nitrogen and oxygen atoms in total. The lowest BCUT2D eigenvalue weighted by atomic mass is 10.3. The van der Waals surface area contributed by atoms with E-state index in [2.05, 4.69) is 15.6 Å². The number of hydrogen-bond acceptors (Lipinski definition) is 4. The molecule has 1 rings (SSSR count). The van der Waals surface area contributed by atoms with Crippen LogP contribution in [0, 0.1) is 0 Å². The quantitative estimate of drug-likeness (QED) is 0.709. The van der Waals surface area contributed by atoms with Crippen molar-refractivity contribution in [2.75, 3.05) is 11.9 Å². The van der Waals surface area contributed by atoms with E-state index >= 15 is 0 Å². The maximum atomic E-state index is 12.2. The van der Waals surface area contributed by atoms with Crippen LogP contribution in [0.3, 0.4) is 0 Å². The molecule has 1 atom stereocenters. The van der Waals surface area contributed by atoms with Gasteiger partial charge in [-0.25, -0.2) is 4.98 Å². The zero-order valence-corrected chi connectivity index (χ0v) is 10.4. The van der Waals surface area contributed by atoms with Gasteiger partial charge in [0.1, 0.15) is 5.69 Å². The van der Waals surface area contributed by atoms with Crippen molar-refractivity contribution < 1.29 is 27.9 Å². The van der Waals surface area contributed by atoms with Gasteiger partial charge in [-0.1, -0.05) is 0 Å². The van der Waals surface area contributed by atoms with Gasteiger partial charge in [0, 0.05) is 6.54 Å². The molecule has 1 aromatic rings. The molecule has 110 valence electrons. The molecule has 0 saturated carbocycles. The Bertz CT molecular complexity index is 486. The first-order valence-electron chi connectivity index (χ1n) is 5.50. The van der Waals surface area contributed by atoms with Crippen molar-refractivity contribution >= 4 is 17.5 Å². The normalized spacial score (nSPS) is 12.7. The Balaban J connectivity index is 2.60. The van der Waals surface area contributed by atoms with E-state index in [1.165, 1.54) is 6.92 Å². The second-order valence-electron chi connectivity index (χ2n) is 3.94. The van der Waals surface area contributed by atoms with Gasteiger partial charge in [0.25, 0.3) is 0 Å². The monoisotopic (exact) mass is 291 g/mol. The summed E-state index contributed by atoms with van der Waals surface area (Å²) in [5.41, 5.74) is -1.15. The highest BCUT2D eigenvalue weighted by Gasteiger charge is 2.32. The summed E-state index contributed by atoms with van der Waals surface area (Å²) in [5.74, 6) is -2.07. The number of rotatable bonds is 3. The van der Waals surface area contributed by atoms with Crippen molar-refractivity contribution in [1.29, 1.82) is 0 Å². The Morgan fingerprint density at radius 2 is 2.00 bits per heavy atom. The summed E-state index contributed by atoms with van der Waals surface area (Å²) >= 11 is 0. The van der Waals surface area contributed by atoms with Crippen LogP contribution in [0.5, 0.6) is 0 Å². The number of amides is 2. The first-order chi connectivity index (χ1) is 9.20. The summed E-state index contributed by atoms with van der Waals surface area (Å²) in [5, 5.41) is 13.1. The summed E-state index contributed by atoms with van der Waals surface area (Å²) < 4.78 is 36.7. The number of aromatic nitrogens is 1. The van der Waals surface area contributed by atoms with Gasteiger partial charge in [-0.2, -0.15) is 13.2 Å². The number of nitrogens with one attached hydrogen (secondary N) is 2. The van der Waals surface area contributed by atoms with E-state index in [9.17, 15) is 22.8 Å². The second kappa shape index (κ2) is 6.33. The number of aliphatic hydroxyl groups excluding tert-OH is 1. The molecule has 1 unspecified atom stereocenters. The van der Waals surface area contributed by atoms with Crippen molar-refractivity contribution in [2.45, 2.75) is 19.2 Å². The summed E-state index contributed by atoms with van der Waals surface area (Å²) in [6.45, 7) is 1.30. The summed E-state index contributed by atoms with van der Waals surface area (Å²) in [7, 11) is 0. The molecule has 2 amide bonds. The van der Waals surface area contributed by atoms with Crippen molar-refractivity contribution in [3.63, 3.8) is 0 Å². The highest BCUT2D eigenvalue weighted by Crippen LogP contribution is 2.27. The van der Waals surface area contributed by atoms with Gasteiger partial charge in [-0.15, -0.1) is 0 Å². The average molecular weight is 291 g/mol. The molecular weight excluding hydrogens is 279 g/mol. The molecule has 0 saturated heterocycles. The number of aliphatic hydroxyl groups is 1. The molecule has 1 aromatic heterocycles. The van der Waals surface area contributed by atoms with Crippen molar-refractivity contribution in [1.82, 2.24) is 10.3 Å². The maximum absolute atomic E-state index is 12.2. The van der Waals surface area contributed by atoms with Crippen molar-refractivity contribution in [3.05, 3.63) is 24.0 Å². The van der Waals surface area contributed by atoms with E-state index in [1.807, 2.05) is 0 Å². The van der Waals surface area contributed by atoms with Crippen LogP contribution >= 0.6 is 0 Å². The maximum Gasteiger partial charge on any atom is 0.433 e. The molecule has 0 aliphatic rings. The fraction of sp³-hybridized carbons (Fsp3) is 0.364. The molecule has 0 aliphatic heterocycles. The third-order valence-electron chi connectivity index (χ3n) is 2.08. The molecule has 3 N–H and O–H groups in total. The van der Waals surface area contributed by atoms with Crippen LogP contribution in [0.2, 0.25) is 0 Å². The number of carbonyl (C=O) groups excluding carboxylic acids is 2. The molecule has 9 heteroatoms. The van der Waals surface area contributed by atoms with Crippen LogP contribution in [0.15, 0.2) is 18.3 Å². The number of carbonyl (C=O) groups is 2. The third kappa shape index (κ3) is 4.84. The number of anilines is 1. The van der Waals surface area contributed by atoms with Gasteiger partial charge in [0.15, 0.2) is 0 Å². The zero-order valence-electron chi connectivity index (χ0n) is 10.4.